The number of halogens is 4. The first kappa shape index (κ1) is 20.1. The molecule has 0 aromatic heterocycles. The quantitative estimate of drug-likeness (QED) is 0.729. The number of rotatable bonds is 6. The Hall–Kier alpha value is -2.20. The van der Waals surface area contributed by atoms with Gasteiger partial charge in [0.15, 0.2) is 0 Å². The van der Waals surface area contributed by atoms with E-state index in [1.54, 1.807) is 11.0 Å². The molecule has 1 aromatic carbocycles. The number of benzene rings is 1. The number of piperazine rings is 1. The molecule has 1 aliphatic rings. The fourth-order valence-corrected chi connectivity index (χ4v) is 2.53. The third-order valence-electron chi connectivity index (χ3n) is 3.79. The van der Waals surface area contributed by atoms with Gasteiger partial charge in [0.1, 0.15) is 12.4 Å². The summed E-state index contributed by atoms with van der Waals surface area (Å²) in [5.74, 6) is -1.41. The molecule has 0 atom stereocenters. The zero-order valence-corrected chi connectivity index (χ0v) is 14.0. The highest BCUT2D eigenvalue weighted by atomic mass is 19.4. The fourth-order valence-electron chi connectivity index (χ4n) is 2.53. The third-order valence-corrected chi connectivity index (χ3v) is 3.79. The topological polar surface area (TPSA) is 64.7 Å². The zero-order valence-electron chi connectivity index (χ0n) is 14.0. The van der Waals surface area contributed by atoms with Crippen LogP contribution in [0.25, 0.3) is 0 Å². The highest BCUT2D eigenvalue weighted by molar-refractivity contribution is 5.92. The molecule has 0 radical (unpaired) electrons. The monoisotopic (exact) mass is 376 g/mol. The molecule has 26 heavy (non-hydrogen) atoms. The van der Waals surface area contributed by atoms with E-state index in [9.17, 15) is 27.2 Å². The van der Waals surface area contributed by atoms with Crippen molar-refractivity contribution in [2.24, 2.45) is 0 Å². The Balaban J connectivity index is 1.68. The standard InChI is InChI=1S/C16H20F4N4O2/c17-12-2-1-3-13(8-12)22-15(26)10-24-6-4-23(5-7-24)9-14(25)21-11-16(18,19)20/h1-3,8H,4-7,9-11H2,(H,21,25)(H,22,26). The first-order valence-corrected chi connectivity index (χ1v) is 8.05. The van der Waals surface area contributed by atoms with Gasteiger partial charge >= 0.3 is 6.18 Å². The molecule has 2 N–H and O–H groups in total. The minimum Gasteiger partial charge on any atom is -0.346 e. The van der Waals surface area contributed by atoms with Crippen LogP contribution in [0.3, 0.4) is 0 Å². The minimum atomic E-state index is -4.43. The molecule has 0 saturated carbocycles. The second-order valence-electron chi connectivity index (χ2n) is 6.00. The van der Waals surface area contributed by atoms with E-state index in [1.807, 2.05) is 10.2 Å². The lowest BCUT2D eigenvalue weighted by Gasteiger charge is -2.33. The van der Waals surface area contributed by atoms with Crippen molar-refractivity contribution in [3.05, 3.63) is 30.1 Å². The van der Waals surface area contributed by atoms with E-state index in [0.717, 1.165) is 0 Å². The van der Waals surface area contributed by atoms with Crippen molar-refractivity contribution in [2.45, 2.75) is 6.18 Å². The van der Waals surface area contributed by atoms with E-state index in [4.69, 9.17) is 0 Å². The molecule has 1 heterocycles. The largest absolute Gasteiger partial charge is 0.405 e. The van der Waals surface area contributed by atoms with Crippen LogP contribution < -0.4 is 10.6 Å². The summed E-state index contributed by atoms with van der Waals surface area (Å²) < 4.78 is 49.2. The maximum atomic E-state index is 13.1. The van der Waals surface area contributed by atoms with Crippen molar-refractivity contribution in [3.8, 4) is 0 Å². The van der Waals surface area contributed by atoms with E-state index in [-0.39, 0.29) is 19.0 Å². The predicted octanol–water partition coefficient (Wildman–Crippen LogP) is 1.06. The lowest BCUT2D eigenvalue weighted by atomic mass is 10.3. The van der Waals surface area contributed by atoms with Gasteiger partial charge in [0.25, 0.3) is 0 Å². The Morgan fingerprint density at radius 2 is 1.58 bits per heavy atom. The van der Waals surface area contributed by atoms with Crippen LogP contribution in [0.4, 0.5) is 23.2 Å². The predicted molar refractivity (Wildman–Crippen MR) is 87.0 cm³/mol. The average molecular weight is 376 g/mol. The Morgan fingerprint density at radius 1 is 1.00 bits per heavy atom. The van der Waals surface area contributed by atoms with E-state index in [0.29, 0.717) is 31.9 Å². The first-order chi connectivity index (χ1) is 12.2. The van der Waals surface area contributed by atoms with E-state index in [1.165, 1.54) is 18.2 Å². The highest BCUT2D eigenvalue weighted by Gasteiger charge is 2.28. The molecular weight excluding hydrogens is 356 g/mol. The molecule has 0 unspecified atom stereocenters. The fraction of sp³-hybridized carbons (Fsp3) is 0.500. The van der Waals surface area contributed by atoms with E-state index >= 15 is 0 Å². The number of amides is 2. The van der Waals surface area contributed by atoms with Crippen molar-refractivity contribution in [1.29, 1.82) is 0 Å². The van der Waals surface area contributed by atoms with Crippen molar-refractivity contribution in [2.75, 3.05) is 51.1 Å². The van der Waals surface area contributed by atoms with Gasteiger partial charge < -0.3 is 10.6 Å². The van der Waals surface area contributed by atoms with Crippen LogP contribution in [-0.2, 0) is 9.59 Å². The number of nitrogens with one attached hydrogen (secondary N) is 2. The summed E-state index contributed by atoms with van der Waals surface area (Å²) in [6.07, 6.45) is -4.43. The van der Waals surface area contributed by atoms with E-state index < -0.39 is 24.4 Å². The number of hydrogen-bond acceptors (Lipinski definition) is 4. The maximum absolute atomic E-state index is 13.1. The summed E-state index contributed by atoms with van der Waals surface area (Å²) in [6.45, 7) is 0.599. The second-order valence-corrected chi connectivity index (χ2v) is 6.00. The number of carbonyl (C=O) groups is 2. The Kier molecular flexibility index (Phi) is 6.92. The summed E-state index contributed by atoms with van der Waals surface area (Å²) in [6, 6.07) is 5.57. The molecule has 10 heteroatoms. The summed E-state index contributed by atoms with van der Waals surface area (Å²) >= 11 is 0. The molecule has 1 aliphatic heterocycles. The molecule has 2 rings (SSSR count). The highest BCUT2D eigenvalue weighted by Crippen LogP contribution is 2.12. The Morgan fingerprint density at radius 3 is 2.12 bits per heavy atom. The molecule has 6 nitrogen and oxygen atoms in total. The SMILES string of the molecule is O=C(CN1CCN(CC(=O)Nc2cccc(F)c2)CC1)NCC(F)(F)F. The number of carbonyl (C=O) groups excluding carboxylic acids is 2. The normalized spacial score (nSPS) is 16.3. The van der Waals surface area contributed by atoms with Gasteiger partial charge in [0.05, 0.1) is 13.1 Å². The van der Waals surface area contributed by atoms with Crippen LogP contribution >= 0.6 is 0 Å². The summed E-state index contributed by atoms with van der Waals surface area (Å²) in [5.41, 5.74) is 0.370. The van der Waals surface area contributed by atoms with Crippen LogP contribution in [0, 0.1) is 5.82 Å². The van der Waals surface area contributed by atoms with Gasteiger partial charge in [-0.15, -0.1) is 0 Å². The minimum absolute atomic E-state index is 0.112. The zero-order chi connectivity index (χ0) is 19.2. The third kappa shape index (κ3) is 7.36. The van der Waals surface area contributed by atoms with Gasteiger partial charge in [-0.2, -0.15) is 13.2 Å². The second kappa shape index (κ2) is 8.95. The van der Waals surface area contributed by atoms with Crippen LogP contribution in [-0.4, -0.2) is 73.6 Å². The summed E-state index contributed by atoms with van der Waals surface area (Å²) in [4.78, 5) is 27.0. The molecule has 0 spiro atoms. The molecule has 1 fully saturated rings. The van der Waals surface area contributed by atoms with Crippen LogP contribution in [0.15, 0.2) is 24.3 Å². The van der Waals surface area contributed by atoms with Crippen molar-refractivity contribution in [3.63, 3.8) is 0 Å². The number of anilines is 1. The Labute approximate surface area is 148 Å². The Bertz CT molecular complexity index is 631. The molecule has 0 aliphatic carbocycles. The molecule has 1 aromatic rings. The van der Waals surface area contributed by atoms with Gasteiger partial charge in [0.2, 0.25) is 11.8 Å². The number of nitrogens with zero attached hydrogens (tertiary/aromatic N) is 2. The van der Waals surface area contributed by atoms with Gasteiger partial charge in [-0.1, -0.05) is 6.07 Å². The van der Waals surface area contributed by atoms with Crippen molar-refractivity contribution >= 4 is 17.5 Å². The molecule has 144 valence electrons. The summed E-state index contributed by atoms with van der Waals surface area (Å²) in [7, 11) is 0. The first-order valence-electron chi connectivity index (χ1n) is 8.05. The van der Waals surface area contributed by atoms with E-state index in [2.05, 4.69) is 5.32 Å². The number of alkyl halides is 3. The lowest BCUT2D eigenvalue weighted by Crippen LogP contribution is -2.51. The van der Waals surface area contributed by atoms with Crippen molar-refractivity contribution < 1.29 is 27.2 Å². The molecule has 1 saturated heterocycles. The molecule has 2 amide bonds. The molecular formula is C16H20F4N4O2. The van der Waals surface area contributed by atoms with Crippen LogP contribution in [0.2, 0.25) is 0 Å². The average Bonchev–Trinajstić information content (AvgIpc) is 2.54. The van der Waals surface area contributed by atoms with Gasteiger partial charge in [-0.25, -0.2) is 4.39 Å². The molecule has 0 bridgehead atoms. The van der Waals surface area contributed by atoms with Gasteiger partial charge in [0, 0.05) is 31.9 Å². The van der Waals surface area contributed by atoms with Crippen LogP contribution in [0.5, 0.6) is 0 Å². The van der Waals surface area contributed by atoms with Crippen molar-refractivity contribution in [1.82, 2.24) is 15.1 Å². The van der Waals surface area contributed by atoms with Gasteiger partial charge in [-0.05, 0) is 18.2 Å². The van der Waals surface area contributed by atoms with Gasteiger partial charge in [-0.3, -0.25) is 19.4 Å². The summed E-state index contributed by atoms with van der Waals surface area (Å²) in [5, 5.41) is 4.43. The maximum Gasteiger partial charge on any atom is 0.405 e. The lowest BCUT2D eigenvalue weighted by molar-refractivity contribution is -0.139. The smallest absolute Gasteiger partial charge is 0.346 e. The van der Waals surface area contributed by atoms with Crippen LogP contribution in [0.1, 0.15) is 0 Å². The number of hydrogen-bond donors (Lipinski definition) is 2.